The Morgan fingerprint density at radius 1 is 1.00 bits per heavy atom. The maximum Gasteiger partial charge on any atom is 0.187 e. The second-order valence-corrected chi connectivity index (χ2v) is 4.22. The van der Waals surface area contributed by atoms with E-state index in [1.54, 1.807) is 36.8 Å². The zero-order valence-electron chi connectivity index (χ0n) is 10.6. The molecule has 20 heavy (non-hydrogen) atoms. The molecule has 0 saturated heterocycles. The van der Waals surface area contributed by atoms with E-state index in [0.717, 1.165) is 11.0 Å². The van der Waals surface area contributed by atoms with Gasteiger partial charge in [0, 0.05) is 18.0 Å². The number of carbonyl (C=O) groups excluding carboxylic acids is 1. The Bertz CT molecular complexity index is 782. The van der Waals surface area contributed by atoms with Crippen LogP contribution in [0.2, 0.25) is 0 Å². The summed E-state index contributed by atoms with van der Waals surface area (Å²) in [6, 6.07) is 11.1. The first kappa shape index (κ1) is 12.2. The number of rotatable bonds is 3. The summed E-state index contributed by atoms with van der Waals surface area (Å²) in [5, 5.41) is 0. The van der Waals surface area contributed by atoms with Gasteiger partial charge in [-0.2, -0.15) is 0 Å². The molecule has 2 heterocycles. The molecule has 0 aliphatic heterocycles. The average molecular weight is 261 g/mol. The van der Waals surface area contributed by atoms with Crippen LogP contribution in [0.25, 0.3) is 17.1 Å². The van der Waals surface area contributed by atoms with Gasteiger partial charge in [0.15, 0.2) is 5.78 Å². The molecule has 0 spiro atoms. The van der Waals surface area contributed by atoms with Crippen LogP contribution in [0.3, 0.4) is 0 Å². The fourth-order valence-electron chi connectivity index (χ4n) is 1.82. The van der Waals surface area contributed by atoms with Crippen LogP contribution < -0.4 is 0 Å². The number of carbonyl (C=O) groups is 1. The Morgan fingerprint density at radius 3 is 2.65 bits per heavy atom. The van der Waals surface area contributed by atoms with E-state index in [2.05, 4.69) is 15.0 Å². The van der Waals surface area contributed by atoms with Crippen LogP contribution in [-0.4, -0.2) is 20.7 Å². The summed E-state index contributed by atoms with van der Waals surface area (Å²) in [4.78, 5) is 24.5. The number of benzene rings is 1. The van der Waals surface area contributed by atoms with Crippen molar-refractivity contribution in [1.29, 1.82) is 0 Å². The van der Waals surface area contributed by atoms with Crippen molar-refractivity contribution in [1.82, 2.24) is 15.0 Å². The third-order valence-corrected chi connectivity index (χ3v) is 2.82. The largest absolute Gasteiger partial charge is 0.289 e. The normalized spacial score (nSPS) is 11.0. The topological polar surface area (TPSA) is 55.7 Å². The molecule has 1 aromatic carbocycles. The SMILES string of the molecule is O=C(/C=C/c1cnc2ccccc2n1)c1cccnc1. The number of allylic oxidation sites excluding steroid dienone is 1. The third-order valence-electron chi connectivity index (χ3n) is 2.82. The molecular weight excluding hydrogens is 250 g/mol. The van der Waals surface area contributed by atoms with Crippen LogP contribution in [-0.2, 0) is 0 Å². The Kier molecular flexibility index (Phi) is 3.29. The van der Waals surface area contributed by atoms with Crippen molar-refractivity contribution < 1.29 is 4.79 Å². The Hall–Kier alpha value is -2.88. The molecule has 0 radical (unpaired) electrons. The van der Waals surface area contributed by atoms with Gasteiger partial charge in [0.1, 0.15) is 0 Å². The minimum absolute atomic E-state index is 0.104. The van der Waals surface area contributed by atoms with E-state index in [-0.39, 0.29) is 5.78 Å². The average Bonchev–Trinajstić information content (AvgIpc) is 2.53. The van der Waals surface area contributed by atoms with E-state index < -0.39 is 0 Å². The molecule has 0 bridgehead atoms. The maximum absolute atomic E-state index is 11.9. The lowest BCUT2D eigenvalue weighted by atomic mass is 10.2. The number of fused-ring (bicyclic) bond motifs is 1. The highest BCUT2D eigenvalue weighted by Crippen LogP contribution is 2.09. The molecule has 0 N–H and O–H groups in total. The van der Waals surface area contributed by atoms with Crippen molar-refractivity contribution in [2.45, 2.75) is 0 Å². The second kappa shape index (κ2) is 5.40. The first-order valence-corrected chi connectivity index (χ1v) is 6.17. The Morgan fingerprint density at radius 2 is 1.85 bits per heavy atom. The zero-order valence-corrected chi connectivity index (χ0v) is 10.6. The molecule has 0 saturated carbocycles. The lowest BCUT2D eigenvalue weighted by Gasteiger charge is -1.97. The minimum atomic E-state index is -0.104. The molecule has 0 aliphatic carbocycles. The molecule has 3 rings (SSSR count). The quantitative estimate of drug-likeness (QED) is 0.537. The van der Waals surface area contributed by atoms with Gasteiger partial charge in [0.25, 0.3) is 0 Å². The highest BCUT2D eigenvalue weighted by molar-refractivity contribution is 6.06. The Labute approximate surface area is 115 Å². The summed E-state index contributed by atoms with van der Waals surface area (Å²) in [7, 11) is 0. The molecule has 0 amide bonds. The zero-order chi connectivity index (χ0) is 13.8. The molecular formula is C16H11N3O. The monoisotopic (exact) mass is 261 g/mol. The van der Waals surface area contributed by atoms with Crippen molar-refractivity contribution in [2.24, 2.45) is 0 Å². The number of hydrogen-bond acceptors (Lipinski definition) is 4. The van der Waals surface area contributed by atoms with Crippen LogP contribution in [0.4, 0.5) is 0 Å². The van der Waals surface area contributed by atoms with Gasteiger partial charge in [-0.1, -0.05) is 12.1 Å². The standard InChI is InChI=1S/C16H11N3O/c20-16(12-4-3-9-17-10-12)8-7-13-11-18-14-5-1-2-6-15(14)19-13/h1-11H/b8-7+. The lowest BCUT2D eigenvalue weighted by Crippen LogP contribution is -1.94. The van der Waals surface area contributed by atoms with Crippen LogP contribution in [0.1, 0.15) is 16.1 Å². The number of ketones is 1. The van der Waals surface area contributed by atoms with Crippen molar-refractivity contribution >= 4 is 22.9 Å². The molecule has 2 aromatic heterocycles. The highest BCUT2D eigenvalue weighted by atomic mass is 16.1. The second-order valence-electron chi connectivity index (χ2n) is 4.22. The molecule has 0 fully saturated rings. The fourth-order valence-corrected chi connectivity index (χ4v) is 1.82. The molecule has 4 heteroatoms. The predicted molar refractivity (Wildman–Crippen MR) is 77.1 cm³/mol. The smallest absolute Gasteiger partial charge is 0.187 e. The van der Waals surface area contributed by atoms with E-state index in [0.29, 0.717) is 11.3 Å². The van der Waals surface area contributed by atoms with Crippen molar-refractivity contribution in [3.05, 3.63) is 72.3 Å². The third kappa shape index (κ3) is 2.59. The van der Waals surface area contributed by atoms with Gasteiger partial charge in [-0.3, -0.25) is 14.8 Å². The van der Waals surface area contributed by atoms with Crippen LogP contribution >= 0.6 is 0 Å². The van der Waals surface area contributed by atoms with Gasteiger partial charge in [-0.05, 0) is 36.4 Å². The fraction of sp³-hybridized carbons (Fsp3) is 0. The Balaban J connectivity index is 1.85. The van der Waals surface area contributed by atoms with Crippen LogP contribution in [0, 0.1) is 0 Å². The van der Waals surface area contributed by atoms with Crippen molar-refractivity contribution in [2.75, 3.05) is 0 Å². The summed E-state index contributed by atoms with van der Waals surface area (Å²) in [6.45, 7) is 0. The summed E-state index contributed by atoms with van der Waals surface area (Å²) in [5.41, 5.74) is 2.85. The number of para-hydroxylation sites is 2. The highest BCUT2D eigenvalue weighted by Gasteiger charge is 2.01. The number of pyridine rings is 1. The summed E-state index contributed by atoms with van der Waals surface area (Å²) < 4.78 is 0. The molecule has 3 aromatic rings. The first-order chi connectivity index (χ1) is 9.83. The predicted octanol–water partition coefficient (Wildman–Crippen LogP) is 2.92. The van der Waals surface area contributed by atoms with Gasteiger partial charge >= 0.3 is 0 Å². The van der Waals surface area contributed by atoms with Gasteiger partial charge in [-0.15, -0.1) is 0 Å². The number of nitrogens with zero attached hydrogens (tertiary/aromatic N) is 3. The summed E-state index contributed by atoms with van der Waals surface area (Å²) in [5.74, 6) is -0.104. The number of hydrogen-bond donors (Lipinski definition) is 0. The summed E-state index contributed by atoms with van der Waals surface area (Å²) >= 11 is 0. The van der Waals surface area contributed by atoms with E-state index >= 15 is 0 Å². The van der Waals surface area contributed by atoms with Gasteiger partial charge in [-0.25, -0.2) is 4.98 Å². The van der Waals surface area contributed by atoms with E-state index in [9.17, 15) is 4.79 Å². The molecule has 4 nitrogen and oxygen atoms in total. The van der Waals surface area contributed by atoms with Gasteiger partial charge in [0.05, 0.1) is 22.9 Å². The molecule has 0 aliphatic rings. The van der Waals surface area contributed by atoms with Gasteiger partial charge < -0.3 is 0 Å². The van der Waals surface area contributed by atoms with Gasteiger partial charge in [0.2, 0.25) is 0 Å². The van der Waals surface area contributed by atoms with E-state index in [1.165, 1.54) is 6.08 Å². The summed E-state index contributed by atoms with van der Waals surface area (Å²) in [6.07, 6.45) is 7.97. The van der Waals surface area contributed by atoms with E-state index in [1.807, 2.05) is 24.3 Å². The minimum Gasteiger partial charge on any atom is -0.289 e. The van der Waals surface area contributed by atoms with E-state index in [4.69, 9.17) is 0 Å². The lowest BCUT2D eigenvalue weighted by molar-refractivity contribution is 0.104. The first-order valence-electron chi connectivity index (χ1n) is 6.17. The number of aromatic nitrogens is 3. The molecule has 96 valence electrons. The molecule has 0 unspecified atom stereocenters. The van der Waals surface area contributed by atoms with Crippen LogP contribution in [0.15, 0.2) is 61.1 Å². The van der Waals surface area contributed by atoms with Crippen molar-refractivity contribution in [3.63, 3.8) is 0 Å². The van der Waals surface area contributed by atoms with Crippen LogP contribution in [0.5, 0.6) is 0 Å². The van der Waals surface area contributed by atoms with Crippen molar-refractivity contribution in [3.8, 4) is 0 Å². The molecule has 0 atom stereocenters. The maximum atomic E-state index is 11.9.